The minimum absolute atomic E-state index is 0.139. The summed E-state index contributed by atoms with van der Waals surface area (Å²) in [4.78, 5) is 21.1. The lowest BCUT2D eigenvalue weighted by Crippen LogP contribution is -2.29. The zero-order valence-corrected chi connectivity index (χ0v) is 16.5. The number of aliphatic hydroxyl groups is 1. The summed E-state index contributed by atoms with van der Waals surface area (Å²) in [5.74, 6) is 0.446. The predicted octanol–water partition coefficient (Wildman–Crippen LogP) is 3.12. The Balaban J connectivity index is 1.64. The van der Waals surface area contributed by atoms with Crippen molar-refractivity contribution in [2.75, 3.05) is 11.9 Å². The number of fused-ring (bicyclic) bond motifs is 1. The number of hydrogen-bond acceptors (Lipinski definition) is 5. The average molecular weight is 400 g/mol. The molecule has 1 aliphatic rings. The first-order valence-corrected chi connectivity index (χ1v) is 9.59. The number of nitrogens with one attached hydrogen (secondary N) is 2. The second-order valence-corrected chi connectivity index (χ2v) is 8.13. The molecular weight excluding hydrogens is 378 g/mol. The maximum absolute atomic E-state index is 12.3. The average Bonchev–Trinajstić information content (AvgIpc) is 3.34. The smallest absolute Gasteiger partial charge is 0.253 e. The summed E-state index contributed by atoms with van der Waals surface area (Å²) in [6.07, 6.45) is 7.28. The molecule has 1 fully saturated rings. The van der Waals surface area contributed by atoms with Crippen LogP contribution in [0.15, 0.2) is 36.8 Å². The number of nitrogens with zero attached hydrogens (tertiary/aromatic N) is 3. The van der Waals surface area contributed by atoms with Gasteiger partial charge in [0.15, 0.2) is 11.5 Å². The minimum atomic E-state index is -0.867. The van der Waals surface area contributed by atoms with E-state index in [1.54, 1.807) is 38.4 Å². The lowest BCUT2D eigenvalue weighted by atomic mass is 10.1. The molecule has 0 atom stereocenters. The van der Waals surface area contributed by atoms with Crippen molar-refractivity contribution in [1.82, 2.24) is 19.7 Å². The summed E-state index contributed by atoms with van der Waals surface area (Å²) < 4.78 is 1.90. The Hall–Kier alpha value is -2.64. The molecule has 8 heteroatoms. The summed E-state index contributed by atoms with van der Waals surface area (Å²) >= 11 is 6.38. The molecule has 0 spiro atoms. The monoisotopic (exact) mass is 399 g/mol. The van der Waals surface area contributed by atoms with Gasteiger partial charge >= 0.3 is 0 Å². The van der Waals surface area contributed by atoms with E-state index >= 15 is 0 Å². The third kappa shape index (κ3) is 3.95. The first-order chi connectivity index (χ1) is 13.3. The topological polar surface area (TPSA) is 91.5 Å². The fourth-order valence-corrected chi connectivity index (χ4v) is 3.17. The van der Waals surface area contributed by atoms with Crippen LogP contribution in [0.25, 0.3) is 16.9 Å². The van der Waals surface area contributed by atoms with Gasteiger partial charge in [-0.15, -0.1) is 0 Å². The van der Waals surface area contributed by atoms with Gasteiger partial charge in [0, 0.05) is 30.5 Å². The van der Waals surface area contributed by atoms with Gasteiger partial charge in [-0.2, -0.15) is 0 Å². The summed E-state index contributed by atoms with van der Waals surface area (Å²) in [6, 6.07) is 5.66. The number of carbonyl (C=O) groups is 1. The summed E-state index contributed by atoms with van der Waals surface area (Å²) in [6.45, 7) is 3.79. The van der Waals surface area contributed by atoms with Crippen LogP contribution >= 0.6 is 11.6 Å². The number of carbonyl (C=O) groups excluding carboxylic acids is 1. The first kappa shape index (κ1) is 18.7. The van der Waals surface area contributed by atoms with E-state index in [4.69, 9.17) is 11.6 Å². The van der Waals surface area contributed by atoms with E-state index in [1.807, 2.05) is 16.7 Å². The summed E-state index contributed by atoms with van der Waals surface area (Å²) in [5, 5.41) is 16.4. The maximum Gasteiger partial charge on any atom is 0.253 e. The lowest BCUT2D eigenvalue weighted by molar-refractivity contribution is 0.0940. The molecule has 0 radical (unpaired) electrons. The van der Waals surface area contributed by atoms with E-state index < -0.39 is 5.60 Å². The normalized spacial score (nSPS) is 14.3. The van der Waals surface area contributed by atoms with Crippen molar-refractivity contribution in [1.29, 1.82) is 0 Å². The van der Waals surface area contributed by atoms with Gasteiger partial charge in [-0.25, -0.2) is 9.97 Å². The lowest BCUT2D eigenvalue weighted by Gasteiger charge is -2.18. The number of imidazole rings is 1. The second-order valence-electron chi connectivity index (χ2n) is 7.72. The SMILES string of the molecule is CC(C)(O)CNc1nccn2c(-c3ccc(C(=O)NC4CC4)c(Cl)c3)cnc12. The van der Waals surface area contributed by atoms with Crippen molar-refractivity contribution in [3.63, 3.8) is 0 Å². The van der Waals surface area contributed by atoms with Gasteiger partial charge < -0.3 is 15.7 Å². The molecule has 2 heterocycles. The second kappa shape index (κ2) is 7.07. The molecule has 1 aliphatic carbocycles. The van der Waals surface area contributed by atoms with Crippen LogP contribution in [0.5, 0.6) is 0 Å². The van der Waals surface area contributed by atoms with Gasteiger partial charge in [-0.3, -0.25) is 9.20 Å². The van der Waals surface area contributed by atoms with Gasteiger partial charge in [0.05, 0.1) is 28.1 Å². The fraction of sp³-hybridized carbons (Fsp3) is 0.350. The Bertz CT molecular complexity index is 1040. The molecule has 1 aromatic carbocycles. The Kier molecular flexibility index (Phi) is 4.72. The standard InChI is InChI=1S/C20H22ClN5O2/c1-20(2,28)11-24-17-18-23-10-16(26(18)8-7-22-17)12-3-6-14(15(21)9-12)19(27)25-13-4-5-13/h3,6-10,13,28H,4-5,11H2,1-2H3,(H,22,24)(H,25,27). The number of halogens is 1. The zero-order valence-electron chi connectivity index (χ0n) is 15.7. The molecule has 28 heavy (non-hydrogen) atoms. The number of hydrogen-bond donors (Lipinski definition) is 3. The third-order valence-corrected chi connectivity index (χ3v) is 4.85. The molecule has 0 bridgehead atoms. The van der Waals surface area contributed by atoms with E-state index in [0.29, 0.717) is 28.6 Å². The van der Waals surface area contributed by atoms with E-state index in [1.165, 1.54) is 0 Å². The Morgan fingerprint density at radius 3 is 2.82 bits per heavy atom. The summed E-state index contributed by atoms with van der Waals surface area (Å²) in [7, 11) is 0. The molecule has 7 nitrogen and oxygen atoms in total. The molecule has 2 aromatic heterocycles. The number of benzene rings is 1. The van der Waals surface area contributed by atoms with E-state index in [2.05, 4.69) is 20.6 Å². The van der Waals surface area contributed by atoms with Gasteiger partial charge in [0.1, 0.15) is 0 Å². The Morgan fingerprint density at radius 2 is 2.14 bits per heavy atom. The minimum Gasteiger partial charge on any atom is -0.389 e. The van der Waals surface area contributed by atoms with Crippen molar-refractivity contribution in [2.45, 2.75) is 38.3 Å². The van der Waals surface area contributed by atoms with E-state index in [-0.39, 0.29) is 11.9 Å². The number of anilines is 1. The van der Waals surface area contributed by atoms with E-state index in [9.17, 15) is 9.90 Å². The number of aromatic nitrogens is 3. The third-order valence-electron chi connectivity index (χ3n) is 4.54. The van der Waals surface area contributed by atoms with Gasteiger partial charge in [0.25, 0.3) is 5.91 Å². The highest BCUT2D eigenvalue weighted by Gasteiger charge is 2.25. The molecule has 0 aliphatic heterocycles. The highest BCUT2D eigenvalue weighted by Crippen LogP contribution is 2.28. The predicted molar refractivity (Wildman–Crippen MR) is 109 cm³/mol. The quantitative estimate of drug-likeness (QED) is 0.592. The molecule has 146 valence electrons. The van der Waals surface area contributed by atoms with Crippen LogP contribution in [0, 0.1) is 0 Å². The van der Waals surface area contributed by atoms with Crippen molar-refractivity contribution < 1.29 is 9.90 Å². The first-order valence-electron chi connectivity index (χ1n) is 9.21. The van der Waals surface area contributed by atoms with Gasteiger partial charge in [-0.1, -0.05) is 17.7 Å². The van der Waals surface area contributed by atoms with Crippen LogP contribution in [0.4, 0.5) is 5.82 Å². The molecule has 1 amide bonds. The van der Waals surface area contributed by atoms with Crippen LogP contribution in [-0.2, 0) is 0 Å². The largest absolute Gasteiger partial charge is 0.389 e. The van der Waals surface area contributed by atoms with Crippen molar-refractivity contribution in [3.05, 3.63) is 47.4 Å². The number of rotatable bonds is 6. The Morgan fingerprint density at radius 1 is 1.36 bits per heavy atom. The molecule has 3 aromatic rings. The van der Waals surface area contributed by atoms with Crippen LogP contribution in [0.2, 0.25) is 5.02 Å². The van der Waals surface area contributed by atoms with Gasteiger partial charge in [-0.05, 0) is 38.8 Å². The van der Waals surface area contributed by atoms with Crippen molar-refractivity contribution >= 4 is 29.0 Å². The van der Waals surface area contributed by atoms with Crippen LogP contribution < -0.4 is 10.6 Å². The Labute approximate surface area is 167 Å². The van der Waals surface area contributed by atoms with Crippen LogP contribution in [0.3, 0.4) is 0 Å². The van der Waals surface area contributed by atoms with Crippen molar-refractivity contribution in [3.8, 4) is 11.3 Å². The fourth-order valence-electron chi connectivity index (χ4n) is 2.91. The highest BCUT2D eigenvalue weighted by atomic mass is 35.5. The molecular formula is C20H22ClN5O2. The van der Waals surface area contributed by atoms with Crippen LogP contribution in [-0.4, -0.2) is 43.6 Å². The molecule has 3 N–H and O–H groups in total. The van der Waals surface area contributed by atoms with Gasteiger partial charge in [0.2, 0.25) is 0 Å². The maximum atomic E-state index is 12.3. The summed E-state index contributed by atoms with van der Waals surface area (Å²) in [5.41, 5.74) is 1.93. The van der Waals surface area contributed by atoms with Crippen molar-refractivity contribution in [2.24, 2.45) is 0 Å². The van der Waals surface area contributed by atoms with E-state index in [0.717, 1.165) is 24.1 Å². The molecule has 0 saturated heterocycles. The molecule has 0 unspecified atom stereocenters. The highest BCUT2D eigenvalue weighted by molar-refractivity contribution is 6.34. The number of amides is 1. The molecule has 1 saturated carbocycles. The zero-order chi connectivity index (χ0) is 19.9. The van der Waals surface area contributed by atoms with Crippen LogP contribution in [0.1, 0.15) is 37.0 Å². The molecule has 4 rings (SSSR count).